The molecule has 3 unspecified atom stereocenters. The van der Waals surface area contributed by atoms with Crippen molar-refractivity contribution in [2.24, 2.45) is 0 Å². The first-order valence-electron chi connectivity index (χ1n) is 13.7. The van der Waals surface area contributed by atoms with Crippen LogP contribution in [0.2, 0.25) is 0 Å². The standard InChI is InChI=1S/C34H32O8/c35-32(26-17-9-3-10-18-26)41-30-29(39-22-25-15-7-2-8-16-25)28(23-38-21-24-13-5-1-6-14-24)40-34(37)31(30)42-33(36)27-19-11-4-12-20-27/h1-20,28-31,34,37H,21-23H2/t28?,29-,30?,31?,34+/m0/s1. The summed E-state index contributed by atoms with van der Waals surface area (Å²) in [6, 6.07) is 35.9. The summed E-state index contributed by atoms with van der Waals surface area (Å²) in [5, 5.41) is 11.1. The average Bonchev–Trinajstić information content (AvgIpc) is 3.04. The number of carbonyl (C=O) groups is 2. The lowest BCUT2D eigenvalue weighted by Gasteiger charge is -2.43. The number of aliphatic hydroxyl groups excluding tert-OH is 1. The lowest BCUT2D eigenvalue weighted by atomic mass is 9.98. The summed E-state index contributed by atoms with van der Waals surface area (Å²) < 4.78 is 29.9. The van der Waals surface area contributed by atoms with Gasteiger partial charge in [0.1, 0.15) is 12.2 Å². The van der Waals surface area contributed by atoms with E-state index in [-0.39, 0.29) is 18.8 Å². The number of hydrogen-bond acceptors (Lipinski definition) is 8. The van der Waals surface area contributed by atoms with Crippen molar-refractivity contribution in [3.63, 3.8) is 0 Å². The number of carbonyl (C=O) groups excluding carboxylic acids is 2. The Hall–Kier alpha value is -4.34. The lowest BCUT2D eigenvalue weighted by Crippen LogP contribution is -2.62. The van der Waals surface area contributed by atoms with Crippen molar-refractivity contribution in [3.05, 3.63) is 144 Å². The molecular weight excluding hydrogens is 536 g/mol. The molecule has 0 aromatic heterocycles. The van der Waals surface area contributed by atoms with E-state index in [9.17, 15) is 14.7 Å². The fourth-order valence-corrected chi connectivity index (χ4v) is 4.66. The van der Waals surface area contributed by atoms with E-state index in [1.54, 1.807) is 60.7 Å². The molecule has 1 fully saturated rings. The van der Waals surface area contributed by atoms with Gasteiger partial charge < -0.3 is 28.8 Å². The molecule has 0 amide bonds. The molecule has 0 radical (unpaired) electrons. The van der Waals surface area contributed by atoms with Crippen LogP contribution in [0.15, 0.2) is 121 Å². The van der Waals surface area contributed by atoms with Gasteiger partial charge in [0.05, 0.1) is 30.9 Å². The molecule has 4 aromatic rings. The first-order valence-corrected chi connectivity index (χ1v) is 13.7. The van der Waals surface area contributed by atoms with Gasteiger partial charge in [-0.05, 0) is 35.4 Å². The predicted octanol–water partition coefficient (Wildman–Crippen LogP) is 4.96. The van der Waals surface area contributed by atoms with Crippen molar-refractivity contribution in [1.82, 2.24) is 0 Å². The normalized spacial score (nSPS) is 21.8. The van der Waals surface area contributed by atoms with Crippen LogP contribution in [0.5, 0.6) is 0 Å². The number of ether oxygens (including phenoxy) is 5. The highest BCUT2D eigenvalue weighted by atomic mass is 16.7. The van der Waals surface area contributed by atoms with Crippen molar-refractivity contribution < 1.29 is 38.4 Å². The van der Waals surface area contributed by atoms with Crippen LogP contribution in [0, 0.1) is 0 Å². The molecule has 0 aliphatic carbocycles. The molecule has 216 valence electrons. The molecule has 0 bridgehead atoms. The fourth-order valence-electron chi connectivity index (χ4n) is 4.66. The van der Waals surface area contributed by atoms with Crippen molar-refractivity contribution in [3.8, 4) is 0 Å². The van der Waals surface area contributed by atoms with E-state index in [1.165, 1.54) is 0 Å². The van der Waals surface area contributed by atoms with Crippen LogP contribution in [0.25, 0.3) is 0 Å². The molecule has 1 N–H and O–H groups in total. The number of rotatable bonds is 11. The molecule has 1 aliphatic rings. The Morgan fingerprint density at radius 2 is 1.05 bits per heavy atom. The Labute approximate surface area is 244 Å². The SMILES string of the molecule is O=C(OC1C(OC(=O)c2ccccc2)[C@H](O)OC(COCc2ccccc2)[C@@H]1OCc1ccccc1)c1ccccc1. The van der Waals surface area contributed by atoms with Crippen LogP contribution in [0.4, 0.5) is 0 Å². The average molecular weight is 569 g/mol. The molecule has 4 aromatic carbocycles. The van der Waals surface area contributed by atoms with Crippen molar-refractivity contribution in [2.45, 2.75) is 43.9 Å². The van der Waals surface area contributed by atoms with Gasteiger partial charge in [-0.1, -0.05) is 97.1 Å². The van der Waals surface area contributed by atoms with E-state index >= 15 is 0 Å². The van der Waals surface area contributed by atoms with Crippen molar-refractivity contribution in [1.29, 1.82) is 0 Å². The zero-order valence-corrected chi connectivity index (χ0v) is 22.9. The fraction of sp³-hybridized carbons (Fsp3) is 0.235. The third-order valence-corrected chi connectivity index (χ3v) is 6.79. The predicted molar refractivity (Wildman–Crippen MR) is 153 cm³/mol. The van der Waals surface area contributed by atoms with Gasteiger partial charge in [-0.2, -0.15) is 0 Å². The van der Waals surface area contributed by atoms with Crippen LogP contribution >= 0.6 is 0 Å². The van der Waals surface area contributed by atoms with Crippen LogP contribution in [-0.4, -0.2) is 54.4 Å². The minimum absolute atomic E-state index is 0.0180. The second-order valence-electron chi connectivity index (χ2n) is 9.80. The zero-order chi connectivity index (χ0) is 29.1. The number of aliphatic hydroxyl groups is 1. The van der Waals surface area contributed by atoms with Gasteiger partial charge in [-0.15, -0.1) is 0 Å². The van der Waals surface area contributed by atoms with Crippen LogP contribution in [0.3, 0.4) is 0 Å². The van der Waals surface area contributed by atoms with Crippen LogP contribution in [-0.2, 0) is 36.9 Å². The Balaban J connectivity index is 1.42. The molecule has 42 heavy (non-hydrogen) atoms. The largest absolute Gasteiger partial charge is 0.452 e. The number of benzene rings is 4. The highest BCUT2D eigenvalue weighted by Gasteiger charge is 2.51. The summed E-state index contributed by atoms with van der Waals surface area (Å²) in [7, 11) is 0. The van der Waals surface area contributed by atoms with Gasteiger partial charge >= 0.3 is 11.9 Å². The van der Waals surface area contributed by atoms with E-state index < -0.39 is 42.6 Å². The monoisotopic (exact) mass is 568 g/mol. The smallest absolute Gasteiger partial charge is 0.338 e. The lowest BCUT2D eigenvalue weighted by molar-refractivity contribution is -0.296. The quantitative estimate of drug-likeness (QED) is 0.254. The van der Waals surface area contributed by atoms with Crippen molar-refractivity contribution >= 4 is 11.9 Å². The van der Waals surface area contributed by atoms with Gasteiger partial charge in [0.25, 0.3) is 0 Å². The van der Waals surface area contributed by atoms with E-state index in [4.69, 9.17) is 23.7 Å². The third-order valence-electron chi connectivity index (χ3n) is 6.79. The minimum atomic E-state index is -1.62. The van der Waals surface area contributed by atoms with Gasteiger partial charge in [0, 0.05) is 0 Å². The number of hydrogen-bond donors (Lipinski definition) is 1. The van der Waals surface area contributed by atoms with Crippen molar-refractivity contribution in [2.75, 3.05) is 6.61 Å². The third kappa shape index (κ3) is 7.69. The molecule has 1 heterocycles. The van der Waals surface area contributed by atoms with Crippen LogP contribution < -0.4 is 0 Å². The Morgan fingerprint density at radius 3 is 1.57 bits per heavy atom. The second-order valence-corrected chi connectivity index (χ2v) is 9.80. The molecule has 8 nitrogen and oxygen atoms in total. The maximum absolute atomic E-state index is 13.3. The zero-order valence-electron chi connectivity index (χ0n) is 22.9. The highest BCUT2D eigenvalue weighted by molar-refractivity contribution is 5.90. The second kappa shape index (κ2) is 14.5. The number of esters is 2. The molecule has 5 rings (SSSR count). The molecule has 1 aliphatic heterocycles. The summed E-state index contributed by atoms with van der Waals surface area (Å²) in [5.74, 6) is -1.36. The summed E-state index contributed by atoms with van der Waals surface area (Å²) in [6.45, 7) is 0.464. The summed E-state index contributed by atoms with van der Waals surface area (Å²) in [6.07, 6.45) is -6.02. The topological polar surface area (TPSA) is 101 Å². The molecule has 0 saturated carbocycles. The first kappa shape index (κ1) is 29.2. The summed E-state index contributed by atoms with van der Waals surface area (Å²) >= 11 is 0. The van der Waals surface area contributed by atoms with Gasteiger partial charge in [-0.25, -0.2) is 9.59 Å². The molecule has 1 saturated heterocycles. The van der Waals surface area contributed by atoms with Crippen LogP contribution in [0.1, 0.15) is 31.8 Å². The van der Waals surface area contributed by atoms with E-state index in [0.717, 1.165) is 11.1 Å². The van der Waals surface area contributed by atoms with E-state index in [0.29, 0.717) is 12.2 Å². The highest BCUT2D eigenvalue weighted by Crippen LogP contribution is 2.30. The maximum atomic E-state index is 13.3. The van der Waals surface area contributed by atoms with Gasteiger partial charge in [0.15, 0.2) is 18.5 Å². The Bertz CT molecular complexity index is 1400. The Morgan fingerprint density at radius 1 is 0.595 bits per heavy atom. The maximum Gasteiger partial charge on any atom is 0.338 e. The van der Waals surface area contributed by atoms with E-state index in [1.807, 2.05) is 60.7 Å². The molecular formula is C34H32O8. The molecule has 8 heteroatoms. The minimum Gasteiger partial charge on any atom is -0.452 e. The Kier molecular flexibility index (Phi) is 10.1. The molecule has 0 spiro atoms. The van der Waals surface area contributed by atoms with Gasteiger partial charge in [-0.3, -0.25) is 0 Å². The summed E-state index contributed by atoms with van der Waals surface area (Å²) in [5.41, 5.74) is 2.40. The van der Waals surface area contributed by atoms with Gasteiger partial charge in [0.2, 0.25) is 0 Å². The first-order chi connectivity index (χ1) is 20.6. The molecule has 5 atom stereocenters. The van der Waals surface area contributed by atoms with E-state index in [2.05, 4.69) is 0 Å². The summed E-state index contributed by atoms with van der Waals surface area (Å²) in [4.78, 5) is 26.3.